The molecule has 1 saturated carbocycles. The fourth-order valence-corrected chi connectivity index (χ4v) is 8.08. The van der Waals surface area contributed by atoms with Crippen molar-refractivity contribution in [1.29, 1.82) is 0 Å². The number of aliphatic hydroxyl groups excluding tert-OH is 1. The molecule has 0 aromatic heterocycles. The van der Waals surface area contributed by atoms with Gasteiger partial charge in [0.2, 0.25) is 10.0 Å². The van der Waals surface area contributed by atoms with Crippen LogP contribution in [0.2, 0.25) is 5.02 Å². The summed E-state index contributed by atoms with van der Waals surface area (Å²) in [6.45, 7) is 6.96. The molecule has 47 heavy (non-hydrogen) atoms. The second-order valence-corrected chi connectivity index (χ2v) is 16.0. The molecule has 0 radical (unpaired) electrons. The first kappa shape index (κ1) is 35.3. The number of benzene rings is 2. The first-order chi connectivity index (χ1) is 22.5. The third kappa shape index (κ3) is 7.36. The molecule has 8 nitrogen and oxygen atoms in total. The SMILES string of the molecule is CC/C=C/[C@@](C#CCCO)(OC)[C@@H]1CC[C@H]1CN1C[C@@]2(CCCc3cc(Cl)ccc32)COc2ccc(C(=O)NS(=O)(=O)C(C)C)cc21. The van der Waals surface area contributed by atoms with Gasteiger partial charge in [0, 0.05) is 48.5 Å². The molecular weight excluding hydrogens is 636 g/mol. The molecule has 2 N–H and O–H groups in total. The van der Waals surface area contributed by atoms with Crippen LogP contribution in [0.3, 0.4) is 0 Å². The fourth-order valence-electron chi connectivity index (χ4n) is 7.27. The van der Waals surface area contributed by atoms with E-state index in [1.165, 1.54) is 25.0 Å². The third-order valence-corrected chi connectivity index (χ3v) is 12.0. The Morgan fingerprint density at radius 3 is 2.77 bits per heavy atom. The van der Waals surface area contributed by atoms with E-state index in [4.69, 9.17) is 21.1 Å². The minimum Gasteiger partial charge on any atom is -0.490 e. The highest BCUT2D eigenvalue weighted by Gasteiger charge is 2.48. The van der Waals surface area contributed by atoms with Gasteiger partial charge in [-0.15, -0.1) is 0 Å². The first-order valence-electron chi connectivity index (χ1n) is 16.7. The number of hydrogen-bond acceptors (Lipinski definition) is 7. The summed E-state index contributed by atoms with van der Waals surface area (Å²) < 4.78 is 40.1. The summed E-state index contributed by atoms with van der Waals surface area (Å²) in [6, 6.07) is 11.3. The van der Waals surface area contributed by atoms with E-state index in [0.29, 0.717) is 31.9 Å². The lowest BCUT2D eigenvalue weighted by Crippen LogP contribution is -2.52. The van der Waals surface area contributed by atoms with Crippen molar-refractivity contribution >= 4 is 33.2 Å². The molecule has 3 aliphatic rings. The maximum absolute atomic E-state index is 13.3. The molecular formula is C37H47ClN2O6S. The van der Waals surface area contributed by atoms with Crippen molar-refractivity contribution in [3.05, 3.63) is 70.3 Å². The molecule has 2 aromatic rings. The van der Waals surface area contributed by atoms with E-state index in [2.05, 4.69) is 52.7 Å². The maximum Gasteiger partial charge on any atom is 0.264 e. The molecule has 2 aliphatic carbocycles. The number of methoxy groups -OCH3 is 1. The topological polar surface area (TPSA) is 105 Å². The van der Waals surface area contributed by atoms with Crippen LogP contribution >= 0.6 is 11.6 Å². The zero-order chi connectivity index (χ0) is 33.8. The average molecular weight is 683 g/mol. The Labute approximate surface area is 284 Å². The normalized spacial score (nSPS) is 23.5. The van der Waals surface area contributed by atoms with Gasteiger partial charge in [0.15, 0.2) is 0 Å². The van der Waals surface area contributed by atoms with E-state index < -0.39 is 26.8 Å². The van der Waals surface area contributed by atoms with Gasteiger partial charge in [0.05, 0.1) is 24.2 Å². The number of amides is 1. The summed E-state index contributed by atoms with van der Waals surface area (Å²) in [7, 11) is -2.11. The summed E-state index contributed by atoms with van der Waals surface area (Å²) in [6.07, 6.45) is 10.2. The van der Waals surface area contributed by atoms with Crippen LogP contribution in [0.4, 0.5) is 5.69 Å². The number of ether oxygens (including phenoxy) is 2. The van der Waals surface area contributed by atoms with E-state index in [9.17, 15) is 18.3 Å². The van der Waals surface area contributed by atoms with Crippen molar-refractivity contribution in [2.24, 2.45) is 11.8 Å². The molecule has 10 heteroatoms. The van der Waals surface area contributed by atoms with Crippen molar-refractivity contribution in [2.75, 3.05) is 38.3 Å². The van der Waals surface area contributed by atoms with Crippen molar-refractivity contribution < 1.29 is 27.8 Å². The predicted molar refractivity (Wildman–Crippen MR) is 187 cm³/mol. The molecule has 1 amide bonds. The number of anilines is 1. The van der Waals surface area contributed by atoms with Gasteiger partial charge in [0.1, 0.15) is 11.4 Å². The fraction of sp³-hybridized carbons (Fsp3) is 0.541. The summed E-state index contributed by atoms with van der Waals surface area (Å²) in [5.41, 5.74) is 2.41. The Morgan fingerprint density at radius 1 is 1.28 bits per heavy atom. The number of nitrogens with zero attached hydrogens (tertiary/aromatic N) is 1. The van der Waals surface area contributed by atoms with Crippen molar-refractivity contribution in [3.63, 3.8) is 0 Å². The number of aryl methyl sites for hydroxylation is 1. The van der Waals surface area contributed by atoms with Crippen LogP contribution in [0.25, 0.3) is 0 Å². The molecule has 1 aliphatic heterocycles. The number of rotatable bonds is 10. The van der Waals surface area contributed by atoms with E-state index in [0.717, 1.165) is 49.2 Å². The number of carbonyl (C=O) groups excluding carboxylic acids is 1. The Hall–Kier alpha value is -3.03. The van der Waals surface area contributed by atoms with Gasteiger partial charge in [-0.2, -0.15) is 0 Å². The number of allylic oxidation sites excluding steroid dienone is 1. The Morgan fingerprint density at radius 2 is 2.09 bits per heavy atom. The monoisotopic (exact) mass is 682 g/mol. The van der Waals surface area contributed by atoms with E-state index in [-0.39, 0.29) is 29.4 Å². The minimum absolute atomic E-state index is 0.00785. The number of sulfonamides is 1. The standard InChI is InChI=1S/C37H47ClN2O6S/c1-5-6-18-37(45-4,19-7-8-20-41)32-14-11-29(32)23-40-24-36(17-9-10-27-21-30(38)13-15-31(27)36)25-46-34-16-12-28(22-33(34)40)35(42)39-47(43,44)26(2)3/h6,12-13,15-16,18,21-22,26,29,32,41H,5,8-11,14,17,20,23-25H2,1-4H3,(H,39,42)/b18-6+/t29-,32+,36-,37-/m0/s1. The quantitative estimate of drug-likeness (QED) is 0.232. The smallest absolute Gasteiger partial charge is 0.264 e. The van der Waals surface area contributed by atoms with Crippen LogP contribution in [0, 0.1) is 23.7 Å². The van der Waals surface area contributed by atoms with Gasteiger partial charge in [0.25, 0.3) is 5.91 Å². The number of halogens is 1. The lowest BCUT2D eigenvalue weighted by Gasteiger charge is -2.48. The Bertz CT molecular complexity index is 1660. The summed E-state index contributed by atoms with van der Waals surface area (Å²) in [5, 5.41) is 9.39. The molecule has 0 unspecified atom stereocenters. The van der Waals surface area contributed by atoms with Gasteiger partial charge < -0.3 is 19.5 Å². The van der Waals surface area contributed by atoms with Crippen molar-refractivity contribution in [2.45, 2.75) is 82.0 Å². The van der Waals surface area contributed by atoms with Crippen molar-refractivity contribution in [3.8, 4) is 17.6 Å². The highest BCUT2D eigenvalue weighted by Crippen LogP contribution is 2.48. The number of hydrogen-bond donors (Lipinski definition) is 2. The zero-order valence-corrected chi connectivity index (χ0v) is 29.4. The minimum atomic E-state index is -3.81. The highest BCUT2D eigenvalue weighted by molar-refractivity contribution is 7.90. The lowest BCUT2D eigenvalue weighted by atomic mass is 9.64. The molecule has 254 valence electrons. The Kier molecular flexibility index (Phi) is 11.0. The van der Waals surface area contributed by atoms with Crippen molar-refractivity contribution in [1.82, 2.24) is 4.72 Å². The van der Waals surface area contributed by atoms with E-state index in [1.807, 2.05) is 6.07 Å². The largest absolute Gasteiger partial charge is 0.490 e. The number of fused-ring (bicyclic) bond motifs is 3. The second kappa shape index (κ2) is 14.6. The van der Waals surface area contributed by atoms with Gasteiger partial charge in [-0.3, -0.25) is 4.79 Å². The molecule has 5 rings (SSSR count). The van der Waals surface area contributed by atoms with Crippen LogP contribution < -0.4 is 14.4 Å². The van der Waals surface area contributed by atoms with Gasteiger partial charge in [-0.25, -0.2) is 13.1 Å². The predicted octanol–water partition coefficient (Wildman–Crippen LogP) is 6.04. The number of aliphatic hydroxyl groups is 1. The number of nitrogens with one attached hydrogen (secondary N) is 1. The zero-order valence-electron chi connectivity index (χ0n) is 27.9. The number of carbonyl (C=O) groups is 1. The second-order valence-electron chi connectivity index (χ2n) is 13.3. The molecule has 1 heterocycles. The average Bonchev–Trinajstić information content (AvgIpc) is 3.18. The molecule has 0 bridgehead atoms. The molecule has 4 atom stereocenters. The van der Waals surface area contributed by atoms with Crippen LogP contribution in [-0.4, -0.2) is 63.7 Å². The van der Waals surface area contributed by atoms with Gasteiger partial charge in [-0.1, -0.05) is 42.5 Å². The third-order valence-electron chi connectivity index (χ3n) is 10.0. The first-order valence-corrected chi connectivity index (χ1v) is 18.6. The Balaban J connectivity index is 1.55. The molecule has 1 spiro atoms. The van der Waals surface area contributed by atoms with Gasteiger partial charge >= 0.3 is 0 Å². The van der Waals surface area contributed by atoms with Crippen LogP contribution in [0.5, 0.6) is 5.75 Å². The van der Waals surface area contributed by atoms with E-state index >= 15 is 0 Å². The van der Waals surface area contributed by atoms with Gasteiger partial charge in [-0.05, 0) is 106 Å². The maximum atomic E-state index is 13.3. The van der Waals surface area contributed by atoms with E-state index in [1.54, 1.807) is 25.3 Å². The van der Waals surface area contributed by atoms with Crippen LogP contribution in [-0.2, 0) is 26.6 Å². The lowest BCUT2D eigenvalue weighted by molar-refractivity contribution is -0.0351. The summed E-state index contributed by atoms with van der Waals surface area (Å²) in [4.78, 5) is 15.6. The molecule has 0 saturated heterocycles. The highest BCUT2D eigenvalue weighted by atomic mass is 35.5. The summed E-state index contributed by atoms with van der Waals surface area (Å²) in [5.74, 6) is 6.82. The molecule has 2 aromatic carbocycles. The van der Waals surface area contributed by atoms with Crippen LogP contribution in [0.15, 0.2) is 48.6 Å². The van der Waals surface area contributed by atoms with Crippen LogP contribution in [0.1, 0.15) is 80.8 Å². The summed E-state index contributed by atoms with van der Waals surface area (Å²) >= 11 is 6.43. The molecule has 1 fully saturated rings.